The Bertz CT molecular complexity index is 1100. The van der Waals surface area contributed by atoms with E-state index in [1.54, 1.807) is 24.3 Å². The van der Waals surface area contributed by atoms with Crippen LogP contribution in [0, 0.1) is 11.8 Å². The zero-order chi connectivity index (χ0) is 23.9. The number of carboxylic acid groups (broad SMARTS) is 1. The Balaban J connectivity index is 1.52. The van der Waals surface area contributed by atoms with Crippen molar-refractivity contribution in [3.05, 3.63) is 70.8 Å². The van der Waals surface area contributed by atoms with Crippen LogP contribution >= 0.6 is 11.6 Å². The number of carbonyl (C=O) groups is 1. The number of hydrogen-bond donors (Lipinski definition) is 2. The summed E-state index contributed by atoms with van der Waals surface area (Å²) >= 11 is 6.32. The van der Waals surface area contributed by atoms with Gasteiger partial charge in [-0.05, 0) is 91.8 Å². The van der Waals surface area contributed by atoms with Crippen LogP contribution in [0.15, 0.2) is 49.1 Å². The zero-order valence-corrected chi connectivity index (χ0v) is 20.1. The third-order valence-electron chi connectivity index (χ3n) is 8.12. The largest absolute Gasteiger partial charge is 0.490 e. The molecule has 0 bridgehead atoms. The molecule has 2 aromatic rings. The van der Waals surface area contributed by atoms with Gasteiger partial charge in [0, 0.05) is 23.5 Å². The first-order valence-corrected chi connectivity index (χ1v) is 12.6. The van der Waals surface area contributed by atoms with Gasteiger partial charge in [0.15, 0.2) is 0 Å². The number of hydrogen-bond acceptors (Lipinski definition) is 4. The summed E-state index contributed by atoms with van der Waals surface area (Å²) in [6.45, 7) is 5.84. The number of aliphatic hydroxyl groups is 1. The Morgan fingerprint density at radius 3 is 2.88 bits per heavy atom. The highest BCUT2D eigenvalue weighted by molar-refractivity contribution is 6.30. The van der Waals surface area contributed by atoms with Gasteiger partial charge in [-0.3, -0.25) is 0 Å². The summed E-state index contributed by atoms with van der Waals surface area (Å²) in [6.07, 6.45) is 7.15. The maximum absolute atomic E-state index is 11.8. The molecular weight excluding hydrogens is 450 g/mol. The molecule has 0 aromatic heterocycles. The molecule has 0 radical (unpaired) electrons. The Kier molecular flexibility index (Phi) is 6.34. The van der Waals surface area contributed by atoms with Crippen molar-refractivity contribution in [3.63, 3.8) is 0 Å². The Hall–Kier alpha value is -2.50. The van der Waals surface area contributed by atoms with E-state index in [0.29, 0.717) is 18.9 Å². The van der Waals surface area contributed by atoms with Crippen LogP contribution in [0.3, 0.4) is 0 Å². The summed E-state index contributed by atoms with van der Waals surface area (Å²) in [5.41, 5.74) is 3.47. The van der Waals surface area contributed by atoms with Crippen molar-refractivity contribution in [1.29, 1.82) is 0 Å². The van der Waals surface area contributed by atoms with E-state index in [1.165, 1.54) is 11.1 Å². The number of aromatic carboxylic acids is 1. The van der Waals surface area contributed by atoms with Crippen LogP contribution in [0.4, 0.5) is 5.69 Å². The van der Waals surface area contributed by atoms with E-state index in [4.69, 9.17) is 16.3 Å². The lowest BCUT2D eigenvalue weighted by Crippen LogP contribution is -2.49. The van der Waals surface area contributed by atoms with Crippen LogP contribution in [0.5, 0.6) is 5.75 Å². The van der Waals surface area contributed by atoms with Crippen molar-refractivity contribution < 1.29 is 19.7 Å². The quantitative estimate of drug-likeness (QED) is 0.535. The second kappa shape index (κ2) is 9.27. The molecule has 4 atom stereocenters. The highest BCUT2D eigenvalue weighted by Gasteiger charge is 2.44. The van der Waals surface area contributed by atoms with E-state index in [2.05, 4.69) is 23.6 Å². The number of rotatable bonds is 6. The van der Waals surface area contributed by atoms with Crippen molar-refractivity contribution >= 4 is 23.3 Å². The van der Waals surface area contributed by atoms with Gasteiger partial charge in [-0.1, -0.05) is 23.7 Å². The van der Waals surface area contributed by atoms with Crippen molar-refractivity contribution in [2.75, 3.05) is 24.6 Å². The van der Waals surface area contributed by atoms with Crippen molar-refractivity contribution in [2.45, 2.75) is 50.0 Å². The summed E-state index contributed by atoms with van der Waals surface area (Å²) in [6, 6.07) is 11.3. The number of ether oxygens (including phenoxy) is 1. The fraction of sp³-hybridized carbons (Fsp3) is 0.464. The second-order valence-corrected chi connectivity index (χ2v) is 10.6. The van der Waals surface area contributed by atoms with E-state index in [9.17, 15) is 15.0 Å². The van der Waals surface area contributed by atoms with E-state index in [-0.39, 0.29) is 23.0 Å². The number of halogens is 1. The molecule has 2 aromatic carbocycles. The van der Waals surface area contributed by atoms with Gasteiger partial charge >= 0.3 is 5.97 Å². The van der Waals surface area contributed by atoms with Gasteiger partial charge in [-0.15, -0.1) is 6.58 Å². The highest BCUT2D eigenvalue weighted by Crippen LogP contribution is 2.46. The van der Waals surface area contributed by atoms with Gasteiger partial charge in [0.1, 0.15) is 5.75 Å². The number of anilines is 1. The number of nitrogens with zero attached hydrogens (tertiary/aromatic N) is 1. The molecule has 2 unspecified atom stereocenters. The van der Waals surface area contributed by atoms with Crippen molar-refractivity contribution in [2.24, 2.45) is 11.8 Å². The standard InChI is InChI=1S/C28H32ClNO4/c1-2-4-25(31)22-9-6-20(22)15-30-16-28(12-3-5-18-13-21(29)8-10-23(18)28)17-34-26-11-7-19(27(32)33)14-24(26)30/h2,7-8,10-11,13-14,20,22,25,31H,1,3-6,9,12,15-17H2,(H,32,33)/t20-,22+,25?,28?/m0/s1. The maximum Gasteiger partial charge on any atom is 0.335 e. The summed E-state index contributed by atoms with van der Waals surface area (Å²) in [7, 11) is 0. The fourth-order valence-electron chi connectivity index (χ4n) is 6.20. The Morgan fingerprint density at radius 2 is 2.15 bits per heavy atom. The molecule has 0 amide bonds. The summed E-state index contributed by atoms with van der Waals surface area (Å²) in [5, 5.41) is 21.0. The smallest absolute Gasteiger partial charge is 0.335 e. The van der Waals surface area contributed by atoms with Crippen LogP contribution in [0.2, 0.25) is 5.02 Å². The summed E-state index contributed by atoms with van der Waals surface area (Å²) in [5.74, 6) is 0.370. The lowest BCUT2D eigenvalue weighted by atomic mass is 9.68. The van der Waals surface area contributed by atoms with E-state index < -0.39 is 5.97 Å². The van der Waals surface area contributed by atoms with Crippen molar-refractivity contribution in [3.8, 4) is 5.75 Å². The van der Waals surface area contributed by atoms with E-state index in [0.717, 1.165) is 61.7 Å². The molecule has 180 valence electrons. The predicted molar refractivity (Wildman–Crippen MR) is 134 cm³/mol. The maximum atomic E-state index is 11.8. The topological polar surface area (TPSA) is 70.0 Å². The minimum Gasteiger partial charge on any atom is -0.490 e. The minimum atomic E-state index is -0.942. The number of fused-ring (bicyclic) bond motifs is 3. The molecule has 2 aliphatic carbocycles. The molecule has 0 saturated heterocycles. The average Bonchev–Trinajstić information content (AvgIpc) is 2.94. The average molecular weight is 482 g/mol. The monoisotopic (exact) mass is 481 g/mol. The van der Waals surface area contributed by atoms with E-state index >= 15 is 0 Å². The van der Waals surface area contributed by atoms with Gasteiger partial charge in [0.25, 0.3) is 0 Å². The molecule has 5 nitrogen and oxygen atoms in total. The van der Waals surface area contributed by atoms with Gasteiger partial charge in [-0.25, -0.2) is 4.79 Å². The first-order chi connectivity index (χ1) is 16.4. The molecule has 5 rings (SSSR count). The zero-order valence-electron chi connectivity index (χ0n) is 19.4. The SMILES string of the molecule is C=CCC(O)[C@@H]1CC[C@H]1CN1CC2(CCCc3cc(Cl)ccc32)COc2ccc(C(=O)O)cc21. The molecule has 2 N–H and O–H groups in total. The molecule has 6 heteroatoms. The van der Waals surface area contributed by atoms with Crippen LogP contribution in [-0.2, 0) is 11.8 Å². The minimum absolute atomic E-state index is 0.195. The predicted octanol–water partition coefficient (Wildman–Crippen LogP) is 5.47. The van der Waals surface area contributed by atoms with Gasteiger partial charge < -0.3 is 19.8 Å². The fourth-order valence-corrected chi connectivity index (χ4v) is 6.40. The number of aliphatic hydroxyl groups excluding tert-OH is 1. The third-order valence-corrected chi connectivity index (χ3v) is 8.35. The molecule has 1 heterocycles. The van der Waals surface area contributed by atoms with Crippen LogP contribution < -0.4 is 9.64 Å². The lowest BCUT2D eigenvalue weighted by molar-refractivity contribution is 0.0178. The lowest BCUT2D eigenvalue weighted by Gasteiger charge is -2.45. The number of benzene rings is 2. The highest BCUT2D eigenvalue weighted by atomic mass is 35.5. The van der Waals surface area contributed by atoms with Crippen molar-refractivity contribution in [1.82, 2.24) is 0 Å². The molecule has 1 spiro atoms. The summed E-state index contributed by atoms with van der Waals surface area (Å²) in [4.78, 5) is 14.1. The molecule has 3 aliphatic rings. The summed E-state index contributed by atoms with van der Waals surface area (Å²) < 4.78 is 6.41. The molecule has 34 heavy (non-hydrogen) atoms. The Labute approximate surface area is 206 Å². The molecular formula is C28H32ClNO4. The van der Waals surface area contributed by atoms with Crippen LogP contribution in [0.25, 0.3) is 0 Å². The second-order valence-electron chi connectivity index (χ2n) is 10.2. The first-order valence-electron chi connectivity index (χ1n) is 12.2. The number of aryl methyl sites for hydroxylation is 1. The third kappa shape index (κ3) is 4.20. The number of carboxylic acids is 1. The van der Waals surface area contributed by atoms with Gasteiger partial charge in [0.2, 0.25) is 0 Å². The first kappa shape index (κ1) is 23.3. The van der Waals surface area contributed by atoms with Gasteiger partial charge in [-0.2, -0.15) is 0 Å². The van der Waals surface area contributed by atoms with Crippen LogP contribution in [-0.4, -0.2) is 42.0 Å². The molecule has 1 aliphatic heterocycles. The normalized spacial score (nSPS) is 26.5. The van der Waals surface area contributed by atoms with Gasteiger partial charge in [0.05, 0.1) is 24.0 Å². The molecule has 1 saturated carbocycles. The van der Waals surface area contributed by atoms with E-state index in [1.807, 2.05) is 6.07 Å². The van der Waals surface area contributed by atoms with Crippen LogP contribution in [0.1, 0.15) is 53.6 Å². The Morgan fingerprint density at radius 1 is 1.29 bits per heavy atom. The molecule has 1 fully saturated rings.